The van der Waals surface area contributed by atoms with Crippen LogP contribution in [0, 0.1) is 5.41 Å². The van der Waals surface area contributed by atoms with E-state index in [2.05, 4.69) is 0 Å². The molecule has 0 aromatic heterocycles. The van der Waals surface area contributed by atoms with Crippen LogP contribution in [-0.4, -0.2) is 55.8 Å². The molecule has 94 valence electrons. The molecular weight excluding hydrogens is 206 g/mol. The molecule has 0 aromatic carbocycles. The summed E-state index contributed by atoms with van der Waals surface area (Å²) in [5.41, 5.74) is 5.04. The average molecular weight is 229 g/mol. The van der Waals surface area contributed by atoms with E-state index in [4.69, 9.17) is 5.73 Å². The van der Waals surface area contributed by atoms with Crippen LogP contribution in [0.4, 0.5) is 0 Å². The van der Waals surface area contributed by atoms with Crippen LogP contribution in [0.1, 0.15) is 20.3 Å². The largest absolute Gasteiger partial charge is 0.347 e. The number of hydrogen-bond donors (Lipinski definition) is 1. The van der Waals surface area contributed by atoms with Crippen molar-refractivity contribution in [1.29, 1.82) is 0 Å². The van der Waals surface area contributed by atoms with Gasteiger partial charge in [-0.15, -0.1) is 0 Å². The van der Waals surface area contributed by atoms with Crippen molar-refractivity contribution in [3.05, 3.63) is 0 Å². The summed E-state index contributed by atoms with van der Waals surface area (Å²) in [6.45, 7) is 4.14. The Bertz CT molecular complexity index is 260. The van der Waals surface area contributed by atoms with E-state index < -0.39 is 5.41 Å². The van der Waals surface area contributed by atoms with Gasteiger partial charge in [0.25, 0.3) is 0 Å². The molecule has 0 spiro atoms. The number of nitrogens with two attached hydrogens (primary N) is 1. The standard InChI is InChI=1S/C11H23N3O2/c1-6-11(2,8-12)10(16)14(5)7-9(15)13(3)4/h6-8,12H2,1-5H3. The lowest BCUT2D eigenvalue weighted by Gasteiger charge is -2.30. The smallest absolute Gasteiger partial charge is 0.241 e. The predicted octanol–water partition coefficient (Wildman–Crippen LogP) is -0.0920. The van der Waals surface area contributed by atoms with Crippen LogP contribution in [0.2, 0.25) is 0 Å². The normalized spacial score (nSPS) is 14.1. The zero-order chi connectivity index (χ0) is 12.9. The number of carbonyl (C=O) groups is 2. The molecule has 1 unspecified atom stereocenters. The first-order chi connectivity index (χ1) is 7.28. The molecule has 2 N–H and O–H groups in total. The van der Waals surface area contributed by atoms with Crippen molar-refractivity contribution in [2.24, 2.45) is 11.1 Å². The second-order valence-electron chi connectivity index (χ2n) is 4.57. The number of likely N-dealkylation sites (N-methyl/N-ethyl adjacent to an activating group) is 2. The predicted molar refractivity (Wildman–Crippen MR) is 63.8 cm³/mol. The van der Waals surface area contributed by atoms with Crippen LogP contribution in [0.15, 0.2) is 0 Å². The molecule has 0 bridgehead atoms. The summed E-state index contributed by atoms with van der Waals surface area (Å²) in [7, 11) is 4.97. The van der Waals surface area contributed by atoms with E-state index >= 15 is 0 Å². The highest BCUT2D eigenvalue weighted by atomic mass is 16.2. The monoisotopic (exact) mass is 229 g/mol. The third kappa shape index (κ3) is 3.48. The van der Waals surface area contributed by atoms with Gasteiger partial charge in [-0.3, -0.25) is 9.59 Å². The van der Waals surface area contributed by atoms with Gasteiger partial charge in [0.05, 0.1) is 12.0 Å². The number of carbonyl (C=O) groups excluding carboxylic acids is 2. The quantitative estimate of drug-likeness (QED) is 0.716. The molecule has 5 heteroatoms. The molecule has 0 aliphatic carbocycles. The average Bonchev–Trinajstić information content (AvgIpc) is 2.26. The van der Waals surface area contributed by atoms with Gasteiger partial charge in [0.15, 0.2) is 0 Å². The molecule has 0 aromatic rings. The number of rotatable bonds is 5. The molecular formula is C11H23N3O2. The van der Waals surface area contributed by atoms with E-state index in [1.165, 1.54) is 9.80 Å². The summed E-state index contributed by atoms with van der Waals surface area (Å²) in [5.74, 6) is -0.168. The van der Waals surface area contributed by atoms with Gasteiger partial charge < -0.3 is 15.5 Å². The van der Waals surface area contributed by atoms with Gasteiger partial charge in [0, 0.05) is 27.7 Å². The molecule has 0 saturated heterocycles. The van der Waals surface area contributed by atoms with Gasteiger partial charge >= 0.3 is 0 Å². The van der Waals surface area contributed by atoms with Gasteiger partial charge in [-0.2, -0.15) is 0 Å². The summed E-state index contributed by atoms with van der Waals surface area (Å²) in [6.07, 6.45) is 0.669. The fourth-order valence-electron chi connectivity index (χ4n) is 1.26. The summed E-state index contributed by atoms with van der Waals surface area (Å²) < 4.78 is 0. The number of nitrogens with zero attached hydrogens (tertiary/aromatic N) is 2. The van der Waals surface area contributed by atoms with Crippen molar-refractivity contribution < 1.29 is 9.59 Å². The van der Waals surface area contributed by atoms with Crippen molar-refractivity contribution in [2.45, 2.75) is 20.3 Å². The Morgan fingerprint density at radius 3 is 2.06 bits per heavy atom. The van der Waals surface area contributed by atoms with Crippen LogP contribution in [0.5, 0.6) is 0 Å². The maximum atomic E-state index is 12.1. The summed E-state index contributed by atoms with van der Waals surface area (Å²) in [5, 5.41) is 0. The molecule has 0 rings (SSSR count). The molecule has 0 aliphatic rings. The zero-order valence-corrected chi connectivity index (χ0v) is 10.9. The lowest BCUT2D eigenvalue weighted by Crippen LogP contribution is -2.47. The lowest BCUT2D eigenvalue weighted by molar-refractivity contribution is -0.144. The summed E-state index contributed by atoms with van der Waals surface area (Å²) >= 11 is 0. The van der Waals surface area contributed by atoms with Crippen molar-refractivity contribution >= 4 is 11.8 Å². The molecule has 5 nitrogen and oxygen atoms in total. The molecule has 1 atom stereocenters. The van der Waals surface area contributed by atoms with E-state index in [0.717, 1.165) is 0 Å². The summed E-state index contributed by atoms with van der Waals surface area (Å²) in [6, 6.07) is 0. The maximum Gasteiger partial charge on any atom is 0.241 e. The second-order valence-corrected chi connectivity index (χ2v) is 4.57. The van der Waals surface area contributed by atoms with Crippen LogP contribution in [-0.2, 0) is 9.59 Å². The molecule has 0 fully saturated rings. The minimum absolute atomic E-state index is 0.0762. The Labute approximate surface area is 97.6 Å². The highest BCUT2D eigenvalue weighted by Crippen LogP contribution is 2.21. The Kier molecular flexibility index (Phi) is 5.44. The topological polar surface area (TPSA) is 66.6 Å². The van der Waals surface area contributed by atoms with E-state index in [1.807, 2.05) is 13.8 Å². The lowest BCUT2D eigenvalue weighted by atomic mass is 9.86. The first-order valence-electron chi connectivity index (χ1n) is 5.44. The van der Waals surface area contributed by atoms with Gasteiger partial charge in [-0.1, -0.05) is 6.92 Å². The van der Waals surface area contributed by atoms with Crippen LogP contribution in [0.3, 0.4) is 0 Å². The molecule has 16 heavy (non-hydrogen) atoms. The van der Waals surface area contributed by atoms with Crippen molar-refractivity contribution in [2.75, 3.05) is 34.2 Å². The van der Waals surface area contributed by atoms with Gasteiger partial charge in [0.1, 0.15) is 0 Å². The summed E-state index contributed by atoms with van der Waals surface area (Å²) in [4.78, 5) is 26.4. The maximum absolute atomic E-state index is 12.1. The molecule has 0 heterocycles. The van der Waals surface area contributed by atoms with Gasteiger partial charge in [-0.05, 0) is 13.3 Å². The van der Waals surface area contributed by atoms with Gasteiger partial charge in [-0.25, -0.2) is 0 Å². The van der Waals surface area contributed by atoms with E-state index in [9.17, 15) is 9.59 Å². The molecule has 0 radical (unpaired) electrons. The van der Waals surface area contributed by atoms with Crippen molar-refractivity contribution in [1.82, 2.24) is 9.80 Å². The Morgan fingerprint density at radius 1 is 1.25 bits per heavy atom. The Balaban J connectivity index is 4.56. The SMILES string of the molecule is CCC(C)(CN)C(=O)N(C)CC(=O)N(C)C. The van der Waals surface area contributed by atoms with Crippen molar-refractivity contribution in [3.63, 3.8) is 0 Å². The minimum atomic E-state index is -0.568. The first kappa shape index (κ1) is 14.9. The Hall–Kier alpha value is -1.10. The van der Waals surface area contributed by atoms with E-state index in [-0.39, 0.29) is 18.4 Å². The second kappa shape index (κ2) is 5.84. The van der Waals surface area contributed by atoms with E-state index in [1.54, 1.807) is 21.1 Å². The zero-order valence-electron chi connectivity index (χ0n) is 10.9. The fraction of sp³-hybridized carbons (Fsp3) is 0.818. The third-order valence-corrected chi connectivity index (χ3v) is 2.97. The van der Waals surface area contributed by atoms with Crippen LogP contribution in [0.25, 0.3) is 0 Å². The van der Waals surface area contributed by atoms with Crippen LogP contribution >= 0.6 is 0 Å². The minimum Gasteiger partial charge on any atom is -0.347 e. The van der Waals surface area contributed by atoms with Gasteiger partial charge in [0.2, 0.25) is 11.8 Å². The Morgan fingerprint density at radius 2 is 1.75 bits per heavy atom. The fourth-order valence-corrected chi connectivity index (χ4v) is 1.26. The third-order valence-electron chi connectivity index (χ3n) is 2.97. The van der Waals surface area contributed by atoms with E-state index in [0.29, 0.717) is 13.0 Å². The number of hydrogen-bond acceptors (Lipinski definition) is 3. The molecule has 2 amide bonds. The highest BCUT2D eigenvalue weighted by Gasteiger charge is 2.32. The first-order valence-corrected chi connectivity index (χ1v) is 5.44. The van der Waals surface area contributed by atoms with Crippen molar-refractivity contribution in [3.8, 4) is 0 Å². The highest BCUT2D eigenvalue weighted by molar-refractivity contribution is 5.87. The molecule has 0 aliphatic heterocycles. The number of amides is 2. The van der Waals surface area contributed by atoms with Crippen LogP contribution < -0.4 is 5.73 Å². The molecule has 0 saturated carbocycles.